The maximum absolute atomic E-state index is 8.42. The number of nitrogens with zero attached hydrogens (tertiary/aromatic N) is 2. The van der Waals surface area contributed by atoms with E-state index in [1.54, 1.807) is 12.1 Å². The van der Waals surface area contributed by atoms with Crippen molar-refractivity contribution in [2.75, 3.05) is 5.75 Å². The van der Waals surface area contributed by atoms with Gasteiger partial charge >= 0.3 is 0 Å². The molecule has 0 rings (SSSR count). The van der Waals surface area contributed by atoms with Crippen LogP contribution >= 0.6 is 58.2 Å². The summed E-state index contributed by atoms with van der Waals surface area (Å²) < 4.78 is -1.44. The average Bonchev–Trinajstić information content (AvgIpc) is 2.13. The first kappa shape index (κ1) is 13.2. The first-order valence-corrected chi connectivity index (χ1v) is 5.30. The largest absolute Gasteiger partial charge is 0.212 e. The van der Waals surface area contributed by atoms with Crippen LogP contribution in [0.3, 0.4) is 0 Å². The van der Waals surface area contributed by atoms with E-state index in [1.165, 1.54) is 0 Å². The van der Waals surface area contributed by atoms with Gasteiger partial charge < -0.3 is 0 Å². The fourth-order valence-corrected chi connectivity index (χ4v) is 1.54. The van der Waals surface area contributed by atoms with Gasteiger partial charge in [-0.2, -0.15) is 10.5 Å². The van der Waals surface area contributed by atoms with Gasteiger partial charge in [-0.15, -0.1) is 11.8 Å². The normalized spacial score (nSPS) is 12.8. The first-order chi connectivity index (χ1) is 5.93. The van der Waals surface area contributed by atoms with Gasteiger partial charge in [0, 0.05) is 5.75 Å². The Morgan fingerprint density at radius 2 is 1.85 bits per heavy atom. The number of nitriles is 2. The summed E-state index contributed by atoms with van der Waals surface area (Å²) in [5, 5.41) is 16.6. The molecule has 0 bridgehead atoms. The number of hydrogen-bond acceptors (Lipinski definition) is 3. The van der Waals surface area contributed by atoms with Crippen molar-refractivity contribution in [1.29, 1.82) is 10.5 Å². The molecule has 0 heterocycles. The number of hydrogen-bond donors (Lipinski definition) is 0. The SMILES string of the molecule is N#C/C(Cl)=C(/Cl)SCC(Cl)(Cl)C#N. The Labute approximate surface area is 100.0 Å². The monoisotopic (exact) mass is 274 g/mol. The molecule has 0 aromatic heterocycles. The summed E-state index contributed by atoms with van der Waals surface area (Å²) >= 11 is 22.9. The zero-order valence-electron chi connectivity index (χ0n) is 6.02. The van der Waals surface area contributed by atoms with E-state index in [2.05, 4.69) is 0 Å². The van der Waals surface area contributed by atoms with Gasteiger partial charge in [0.25, 0.3) is 0 Å². The van der Waals surface area contributed by atoms with Crippen LogP contribution in [0.2, 0.25) is 0 Å². The highest BCUT2D eigenvalue weighted by Crippen LogP contribution is 2.33. The second kappa shape index (κ2) is 5.86. The fraction of sp³-hybridized carbons (Fsp3) is 0.333. The molecule has 0 atom stereocenters. The van der Waals surface area contributed by atoms with Gasteiger partial charge in [-0.1, -0.05) is 46.4 Å². The predicted octanol–water partition coefficient (Wildman–Crippen LogP) is 3.59. The maximum Gasteiger partial charge on any atom is 0.212 e. The van der Waals surface area contributed by atoms with E-state index in [0.717, 1.165) is 11.8 Å². The lowest BCUT2D eigenvalue weighted by molar-refractivity contribution is 1.15. The van der Waals surface area contributed by atoms with Crippen LogP contribution in [-0.4, -0.2) is 10.1 Å². The molecule has 0 aliphatic carbocycles. The van der Waals surface area contributed by atoms with Crippen molar-refractivity contribution in [1.82, 2.24) is 0 Å². The molecule has 13 heavy (non-hydrogen) atoms. The Hall–Kier alpha value is 0.230. The summed E-state index contributed by atoms with van der Waals surface area (Å²) in [6.07, 6.45) is 0. The van der Waals surface area contributed by atoms with E-state index < -0.39 is 4.33 Å². The third-order valence-electron chi connectivity index (χ3n) is 0.814. The van der Waals surface area contributed by atoms with Gasteiger partial charge in [0.2, 0.25) is 4.33 Å². The van der Waals surface area contributed by atoms with Crippen molar-refractivity contribution < 1.29 is 0 Å². The van der Waals surface area contributed by atoms with Gasteiger partial charge in [-0.25, -0.2) is 0 Å². The van der Waals surface area contributed by atoms with E-state index in [4.69, 9.17) is 56.9 Å². The molecule has 0 fully saturated rings. The summed E-state index contributed by atoms with van der Waals surface area (Å²) in [5.74, 6) is 0.0450. The second-order valence-electron chi connectivity index (χ2n) is 1.80. The summed E-state index contributed by atoms with van der Waals surface area (Å²) in [5.41, 5.74) is 0. The van der Waals surface area contributed by atoms with E-state index in [0.29, 0.717) is 0 Å². The number of halogens is 4. The Morgan fingerprint density at radius 3 is 2.23 bits per heavy atom. The smallest absolute Gasteiger partial charge is 0.195 e. The molecule has 0 aliphatic rings. The molecule has 0 saturated heterocycles. The van der Waals surface area contributed by atoms with Crippen molar-refractivity contribution >= 4 is 58.2 Å². The lowest BCUT2D eigenvalue weighted by Crippen LogP contribution is -2.12. The Bertz CT molecular complexity index is 299. The molecule has 7 heteroatoms. The van der Waals surface area contributed by atoms with Crippen molar-refractivity contribution in [3.8, 4) is 12.1 Å². The van der Waals surface area contributed by atoms with Crippen LogP contribution in [0.5, 0.6) is 0 Å². The van der Waals surface area contributed by atoms with Crippen molar-refractivity contribution in [2.45, 2.75) is 4.33 Å². The van der Waals surface area contributed by atoms with Crippen LogP contribution in [0.1, 0.15) is 0 Å². The summed E-state index contributed by atoms with van der Waals surface area (Å²) in [4.78, 5) is 0. The van der Waals surface area contributed by atoms with E-state index in [9.17, 15) is 0 Å². The number of alkyl halides is 2. The third-order valence-corrected chi connectivity index (χ3v) is 3.60. The van der Waals surface area contributed by atoms with Crippen LogP contribution in [0.4, 0.5) is 0 Å². The molecule has 0 saturated carbocycles. The summed E-state index contributed by atoms with van der Waals surface area (Å²) in [6, 6.07) is 3.30. The van der Waals surface area contributed by atoms with Crippen LogP contribution in [0, 0.1) is 22.7 Å². The van der Waals surface area contributed by atoms with Gasteiger partial charge in [0.05, 0.1) is 0 Å². The molecule has 0 radical (unpaired) electrons. The van der Waals surface area contributed by atoms with Gasteiger partial charge in [-0.3, -0.25) is 0 Å². The fourth-order valence-electron chi connectivity index (χ4n) is 0.294. The van der Waals surface area contributed by atoms with Gasteiger partial charge in [0.1, 0.15) is 21.5 Å². The Balaban J connectivity index is 4.23. The first-order valence-electron chi connectivity index (χ1n) is 2.80. The van der Waals surface area contributed by atoms with Gasteiger partial charge in [0.15, 0.2) is 0 Å². The topological polar surface area (TPSA) is 47.6 Å². The molecular weight excluding hydrogens is 274 g/mol. The molecular formula is C6H2Cl4N2S. The molecule has 0 N–H and O–H groups in total. The lowest BCUT2D eigenvalue weighted by Gasteiger charge is -2.07. The van der Waals surface area contributed by atoms with Crippen LogP contribution in [0.15, 0.2) is 9.40 Å². The summed E-state index contributed by atoms with van der Waals surface area (Å²) in [6.45, 7) is 0. The van der Waals surface area contributed by atoms with Crippen LogP contribution in [0.25, 0.3) is 0 Å². The predicted molar refractivity (Wildman–Crippen MR) is 56.9 cm³/mol. The highest BCUT2D eigenvalue weighted by atomic mass is 35.5. The average molecular weight is 276 g/mol. The number of allylic oxidation sites excluding steroid dienone is 1. The van der Waals surface area contributed by atoms with E-state index >= 15 is 0 Å². The molecule has 0 spiro atoms. The van der Waals surface area contributed by atoms with Crippen molar-refractivity contribution in [3.05, 3.63) is 9.40 Å². The van der Waals surface area contributed by atoms with Crippen LogP contribution in [-0.2, 0) is 0 Å². The minimum atomic E-state index is -1.52. The molecule has 2 nitrogen and oxygen atoms in total. The van der Waals surface area contributed by atoms with Crippen LogP contribution < -0.4 is 0 Å². The van der Waals surface area contributed by atoms with Crippen molar-refractivity contribution in [3.63, 3.8) is 0 Å². The maximum atomic E-state index is 8.42. The molecule has 0 amide bonds. The lowest BCUT2D eigenvalue weighted by atomic mass is 10.5. The Morgan fingerprint density at radius 1 is 1.31 bits per heavy atom. The number of rotatable bonds is 3. The molecule has 0 aromatic carbocycles. The molecule has 0 aromatic rings. The highest BCUT2D eigenvalue weighted by molar-refractivity contribution is 8.04. The minimum Gasteiger partial charge on any atom is -0.195 e. The third kappa shape index (κ3) is 5.52. The van der Waals surface area contributed by atoms with E-state index in [1.807, 2.05) is 0 Å². The summed E-state index contributed by atoms with van der Waals surface area (Å²) in [7, 11) is 0. The van der Waals surface area contributed by atoms with Crippen molar-refractivity contribution in [2.24, 2.45) is 0 Å². The second-order valence-corrected chi connectivity index (χ2v) is 5.25. The van der Waals surface area contributed by atoms with Gasteiger partial charge in [-0.05, 0) is 0 Å². The highest BCUT2D eigenvalue weighted by Gasteiger charge is 2.24. The quantitative estimate of drug-likeness (QED) is 0.584. The molecule has 70 valence electrons. The minimum absolute atomic E-state index is 0.0450. The molecule has 0 unspecified atom stereocenters. The Kier molecular flexibility index (Phi) is 5.96. The zero-order chi connectivity index (χ0) is 10.5. The number of thioether (sulfide) groups is 1. The van der Waals surface area contributed by atoms with E-state index in [-0.39, 0.29) is 15.1 Å². The molecule has 0 aliphatic heterocycles. The zero-order valence-corrected chi connectivity index (χ0v) is 9.86. The standard InChI is InChI=1S/C6H2Cl4N2S/c7-4(1-11)5(8)13-3-6(9,10)2-12/h3H2/b5-4+.